The number of alkyl halides is 3. The smallest absolute Gasteiger partial charge is 0.308 e. The van der Waals surface area contributed by atoms with Crippen LogP contribution in [-0.2, 0) is 6.54 Å². The molecule has 0 radical (unpaired) electrons. The highest BCUT2D eigenvalue weighted by Gasteiger charge is 2.29. The van der Waals surface area contributed by atoms with Gasteiger partial charge in [-0.05, 0) is 20.8 Å². The van der Waals surface area contributed by atoms with Gasteiger partial charge < -0.3 is 5.32 Å². The molecule has 1 atom stereocenters. The van der Waals surface area contributed by atoms with Gasteiger partial charge in [0.1, 0.15) is 0 Å². The van der Waals surface area contributed by atoms with Crippen molar-refractivity contribution < 1.29 is 13.2 Å². The number of imidazole rings is 1. The molecule has 3 nitrogen and oxygen atoms in total. The molecule has 0 aliphatic heterocycles. The van der Waals surface area contributed by atoms with Gasteiger partial charge in [0.2, 0.25) is 0 Å². The van der Waals surface area contributed by atoms with Gasteiger partial charge in [-0.25, -0.2) is 4.98 Å². The average molecular weight is 291 g/mol. The van der Waals surface area contributed by atoms with Crippen molar-refractivity contribution in [3.8, 4) is 0 Å². The van der Waals surface area contributed by atoms with Crippen LogP contribution in [0.4, 0.5) is 13.2 Å². The number of nitrogens with zero attached hydrogens (tertiary/aromatic N) is 2. The Bertz CT molecular complexity index is 571. The Kier molecular flexibility index (Phi) is 3.87. The van der Waals surface area contributed by atoms with Gasteiger partial charge in [0.25, 0.3) is 0 Å². The zero-order valence-electron chi connectivity index (χ0n) is 11.0. The van der Waals surface area contributed by atoms with Crippen LogP contribution in [0.2, 0.25) is 0 Å². The average Bonchev–Trinajstić information content (AvgIpc) is 2.68. The monoisotopic (exact) mass is 291 g/mol. The zero-order valence-corrected chi connectivity index (χ0v) is 11.8. The van der Waals surface area contributed by atoms with Crippen LogP contribution in [0.3, 0.4) is 0 Å². The number of nitrogens with one attached hydrogen (secondary N) is 1. The van der Waals surface area contributed by atoms with E-state index < -0.39 is 18.6 Å². The zero-order chi connectivity index (χ0) is 14.2. The number of aromatic nitrogens is 2. The third-order valence-corrected chi connectivity index (χ3v) is 3.79. The van der Waals surface area contributed by atoms with Crippen molar-refractivity contribution >= 4 is 16.3 Å². The van der Waals surface area contributed by atoms with Crippen LogP contribution in [-0.4, -0.2) is 21.6 Å². The number of hydrogen-bond acceptors (Lipinski definition) is 3. The van der Waals surface area contributed by atoms with Gasteiger partial charge in [0.15, 0.2) is 4.96 Å². The van der Waals surface area contributed by atoms with Gasteiger partial charge >= 0.3 is 6.18 Å². The molecule has 2 aromatic rings. The van der Waals surface area contributed by atoms with E-state index in [1.165, 1.54) is 0 Å². The van der Waals surface area contributed by atoms with Crippen molar-refractivity contribution in [2.24, 2.45) is 0 Å². The summed E-state index contributed by atoms with van der Waals surface area (Å²) in [5.41, 5.74) is 1.78. The predicted molar refractivity (Wildman–Crippen MR) is 69.5 cm³/mol. The Morgan fingerprint density at radius 3 is 2.74 bits per heavy atom. The van der Waals surface area contributed by atoms with Gasteiger partial charge in [0.05, 0.1) is 17.8 Å². The van der Waals surface area contributed by atoms with E-state index in [-0.39, 0.29) is 0 Å². The topological polar surface area (TPSA) is 29.3 Å². The van der Waals surface area contributed by atoms with E-state index in [0.717, 1.165) is 21.2 Å². The molecule has 19 heavy (non-hydrogen) atoms. The lowest BCUT2D eigenvalue weighted by molar-refractivity contribution is -0.139. The molecule has 0 saturated carbocycles. The number of halogens is 3. The summed E-state index contributed by atoms with van der Waals surface area (Å²) in [5.74, 6) is 0. The second-order valence-corrected chi connectivity index (χ2v) is 5.95. The molecule has 1 unspecified atom stereocenters. The molecule has 0 aromatic carbocycles. The van der Waals surface area contributed by atoms with Gasteiger partial charge in [-0.15, -0.1) is 11.3 Å². The van der Waals surface area contributed by atoms with E-state index in [0.29, 0.717) is 6.54 Å². The van der Waals surface area contributed by atoms with Crippen molar-refractivity contribution in [2.75, 3.05) is 0 Å². The van der Waals surface area contributed by atoms with E-state index in [4.69, 9.17) is 0 Å². The molecule has 0 fully saturated rings. The van der Waals surface area contributed by atoms with Crippen LogP contribution in [0.1, 0.15) is 29.6 Å². The van der Waals surface area contributed by atoms with Crippen molar-refractivity contribution in [2.45, 2.75) is 46.0 Å². The van der Waals surface area contributed by atoms with Gasteiger partial charge in [0, 0.05) is 23.7 Å². The Labute approximate surface area is 113 Å². The molecule has 2 heterocycles. The molecule has 1 N–H and O–H groups in total. The first-order valence-corrected chi connectivity index (χ1v) is 6.82. The molecular weight excluding hydrogens is 275 g/mol. The molecule has 0 amide bonds. The normalized spacial score (nSPS) is 14.2. The third kappa shape index (κ3) is 3.48. The van der Waals surface area contributed by atoms with E-state index >= 15 is 0 Å². The Morgan fingerprint density at radius 2 is 2.11 bits per heavy atom. The summed E-state index contributed by atoms with van der Waals surface area (Å²) in [6, 6.07) is -0.607. The van der Waals surface area contributed by atoms with Gasteiger partial charge in [-0.3, -0.25) is 4.40 Å². The lowest BCUT2D eigenvalue weighted by Gasteiger charge is -2.15. The first-order valence-electron chi connectivity index (χ1n) is 6.00. The predicted octanol–water partition coefficient (Wildman–Crippen LogP) is 3.44. The summed E-state index contributed by atoms with van der Waals surface area (Å²) in [5, 5.41) is 2.91. The first-order chi connectivity index (χ1) is 8.76. The van der Waals surface area contributed by atoms with Crippen LogP contribution in [0.25, 0.3) is 4.96 Å². The number of thiazole rings is 1. The lowest BCUT2D eigenvalue weighted by atomic mass is 10.2. The minimum absolute atomic E-state index is 0.389. The highest BCUT2D eigenvalue weighted by atomic mass is 32.1. The molecule has 0 spiro atoms. The minimum atomic E-state index is -4.13. The largest absolute Gasteiger partial charge is 0.390 e. The van der Waals surface area contributed by atoms with Crippen LogP contribution >= 0.6 is 11.3 Å². The Balaban J connectivity index is 2.07. The van der Waals surface area contributed by atoms with E-state index in [9.17, 15) is 13.2 Å². The molecule has 0 bridgehead atoms. The van der Waals surface area contributed by atoms with Crippen molar-refractivity contribution in [1.29, 1.82) is 0 Å². The maximum absolute atomic E-state index is 12.3. The van der Waals surface area contributed by atoms with Gasteiger partial charge in [-0.1, -0.05) is 0 Å². The Hall–Kier alpha value is -1.08. The summed E-state index contributed by atoms with van der Waals surface area (Å²) in [6.07, 6.45) is -2.99. The highest BCUT2D eigenvalue weighted by Crippen LogP contribution is 2.23. The lowest BCUT2D eigenvalue weighted by Crippen LogP contribution is -2.31. The summed E-state index contributed by atoms with van der Waals surface area (Å²) in [4.78, 5) is 6.42. The fourth-order valence-electron chi connectivity index (χ4n) is 2.01. The standard InChI is InChI=1S/C12H16F3N3S/c1-7(4-12(13,14)15)16-5-10-9(3)17-11-18(10)6-8(2)19-11/h6-7,16H,4-5H2,1-3H3. The molecule has 106 valence electrons. The highest BCUT2D eigenvalue weighted by molar-refractivity contribution is 7.17. The quantitative estimate of drug-likeness (QED) is 0.935. The second-order valence-electron chi connectivity index (χ2n) is 4.74. The van der Waals surface area contributed by atoms with Crippen molar-refractivity contribution in [1.82, 2.24) is 14.7 Å². The molecule has 0 aliphatic carbocycles. The summed E-state index contributed by atoms with van der Waals surface area (Å²) < 4.78 is 38.7. The van der Waals surface area contributed by atoms with E-state index in [2.05, 4.69) is 10.3 Å². The van der Waals surface area contributed by atoms with Crippen LogP contribution in [0, 0.1) is 13.8 Å². The second kappa shape index (κ2) is 5.13. The Morgan fingerprint density at radius 1 is 1.42 bits per heavy atom. The molecule has 2 rings (SSSR count). The molecule has 2 aromatic heterocycles. The first kappa shape index (κ1) is 14.3. The fraction of sp³-hybridized carbons (Fsp3) is 0.583. The number of fused-ring (bicyclic) bond motifs is 1. The summed E-state index contributed by atoms with van der Waals surface area (Å²) in [7, 11) is 0. The van der Waals surface area contributed by atoms with Crippen LogP contribution < -0.4 is 5.32 Å². The molecule has 0 aliphatic rings. The molecule has 7 heteroatoms. The van der Waals surface area contributed by atoms with Crippen LogP contribution in [0.5, 0.6) is 0 Å². The maximum Gasteiger partial charge on any atom is 0.390 e. The van der Waals surface area contributed by atoms with E-state index in [1.54, 1.807) is 18.3 Å². The summed E-state index contributed by atoms with van der Waals surface area (Å²) >= 11 is 1.58. The number of hydrogen-bond donors (Lipinski definition) is 1. The van der Waals surface area contributed by atoms with E-state index in [1.807, 2.05) is 24.4 Å². The van der Waals surface area contributed by atoms with Crippen molar-refractivity contribution in [3.05, 3.63) is 22.5 Å². The van der Waals surface area contributed by atoms with Crippen molar-refractivity contribution in [3.63, 3.8) is 0 Å². The summed E-state index contributed by atoms with van der Waals surface area (Å²) in [6.45, 7) is 5.79. The third-order valence-electron chi connectivity index (χ3n) is 2.90. The SMILES string of the molecule is Cc1cn2c(CNC(C)CC(F)(F)F)c(C)nc2s1. The van der Waals surface area contributed by atoms with Crippen LogP contribution in [0.15, 0.2) is 6.20 Å². The molecular formula is C12H16F3N3S. The van der Waals surface area contributed by atoms with Gasteiger partial charge in [-0.2, -0.15) is 13.2 Å². The maximum atomic E-state index is 12.3. The number of rotatable bonds is 4. The molecule has 0 saturated heterocycles. The fourth-order valence-corrected chi connectivity index (χ4v) is 2.90. The number of aryl methyl sites for hydroxylation is 2. The minimum Gasteiger partial charge on any atom is -0.308 e.